The standard InChI is InChI=1S/C12H10Cl2N4O3/c1-21-10-3-2-7(4-8(10)13)5-15-11-9(18(19)20)6-16-12(14)17-11/h2-4,6H,5H2,1H3,(H,15,16,17). The summed E-state index contributed by atoms with van der Waals surface area (Å²) < 4.78 is 5.05. The minimum absolute atomic E-state index is 0.0481. The van der Waals surface area contributed by atoms with Gasteiger partial charge in [0.25, 0.3) is 0 Å². The van der Waals surface area contributed by atoms with E-state index in [1.807, 2.05) is 0 Å². The highest BCUT2D eigenvalue weighted by Gasteiger charge is 2.16. The van der Waals surface area contributed by atoms with Crippen molar-refractivity contribution in [2.45, 2.75) is 6.54 Å². The average Bonchev–Trinajstić information content (AvgIpc) is 2.45. The van der Waals surface area contributed by atoms with E-state index < -0.39 is 4.92 Å². The Balaban J connectivity index is 2.18. The van der Waals surface area contributed by atoms with Crippen molar-refractivity contribution in [2.24, 2.45) is 0 Å². The van der Waals surface area contributed by atoms with Crippen molar-refractivity contribution in [1.29, 1.82) is 0 Å². The highest BCUT2D eigenvalue weighted by atomic mass is 35.5. The zero-order valence-corrected chi connectivity index (χ0v) is 12.4. The maximum absolute atomic E-state index is 10.9. The molecule has 0 amide bonds. The smallest absolute Gasteiger partial charge is 0.329 e. The average molecular weight is 329 g/mol. The predicted octanol–water partition coefficient (Wildman–Crippen LogP) is 3.31. The zero-order chi connectivity index (χ0) is 15.4. The van der Waals surface area contributed by atoms with Gasteiger partial charge in [0, 0.05) is 6.54 Å². The first-order valence-corrected chi connectivity index (χ1v) is 6.50. The molecular formula is C12H10Cl2N4O3. The van der Waals surface area contributed by atoms with E-state index in [1.165, 1.54) is 7.11 Å². The number of hydrogen-bond donors (Lipinski definition) is 1. The Kier molecular flexibility index (Phi) is 4.77. The van der Waals surface area contributed by atoms with Crippen LogP contribution in [-0.2, 0) is 6.54 Å². The molecule has 7 nitrogen and oxygen atoms in total. The van der Waals surface area contributed by atoms with Crippen LogP contribution in [0, 0.1) is 10.1 Å². The number of aromatic nitrogens is 2. The number of ether oxygens (including phenoxy) is 1. The van der Waals surface area contributed by atoms with Gasteiger partial charge in [-0.25, -0.2) is 4.98 Å². The van der Waals surface area contributed by atoms with E-state index >= 15 is 0 Å². The molecule has 1 aromatic carbocycles. The van der Waals surface area contributed by atoms with Crippen LogP contribution in [-0.4, -0.2) is 22.0 Å². The number of halogens is 2. The first kappa shape index (κ1) is 15.3. The summed E-state index contributed by atoms with van der Waals surface area (Å²) in [4.78, 5) is 17.7. The molecule has 0 fully saturated rings. The van der Waals surface area contributed by atoms with Crippen molar-refractivity contribution >= 4 is 34.7 Å². The van der Waals surface area contributed by atoms with Gasteiger partial charge in [-0.05, 0) is 29.3 Å². The Morgan fingerprint density at radius 1 is 1.43 bits per heavy atom. The van der Waals surface area contributed by atoms with Gasteiger partial charge in [-0.15, -0.1) is 0 Å². The quantitative estimate of drug-likeness (QED) is 0.514. The summed E-state index contributed by atoms with van der Waals surface area (Å²) in [5.74, 6) is 0.600. The second kappa shape index (κ2) is 6.55. The van der Waals surface area contributed by atoms with Gasteiger partial charge < -0.3 is 10.1 Å². The Morgan fingerprint density at radius 2 is 2.19 bits per heavy atom. The summed E-state index contributed by atoms with van der Waals surface area (Å²) >= 11 is 11.7. The molecular weight excluding hydrogens is 319 g/mol. The monoisotopic (exact) mass is 328 g/mol. The van der Waals surface area contributed by atoms with Crippen LogP contribution in [0.3, 0.4) is 0 Å². The molecule has 1 N–H and O–H groups in total. The number of hydrogen-bond acceptors (Lipinski definition) is 6. The van der Waals surface area contributed by atoms with E-state index in [1.54, 1.807) is 18.2 Å². The van der Waals surface area contributed by atoms with Crippen molar-refractivity contribution in [2.75, 3.05) is 12.4 Å². The van der Waals surface area contributed by atoms with Crippen LogP contribution in [0.5, 0.6) is 5.75 Å². The van der Waals surface area contributed by atoms with Crippen LogP contribution in [0.4, 0.5) is 11.5 Å². The van der Waals surface area contributed by atoms with E-state index in [4.69, 9.17) is 27.9 Å². The molecule has 1 heterocycles. The lowest BCUT2D eigenvalue weighted by atomic mass is 10.2. The van der Waals surface area contributed by atoms with Crippen LogP contribution < -0.4 is 10.1 Å². The number of methoxy groups -OCH3 is 1. The fourth-order valence-corrected chi connectivity index (χ4v) is 2.04. The molecule has 0 spiro atoms. The summed E-state index contributed by atoms with van der Waals surface area (Å²) in [5, 5.41) is 14.1. The largest absolute Gasteiger partial charge is 0.495 e. The minimum Gasteiger partial charge on any atom is -0.495 e. The van der Waals surface area contributed by atoms with E-state index in [2.05, 4.69) is 15.3 Å². The Hall–Kier alpha value is -2.12. The first-order valence-electron chi connectivity index (χ1n) is 5.74. The summed E-state index contributed by atoms with van der Waals surface area (Å²) in [7, 11) is 1.52. The molecule has 0 aliphatic carbocycles. The van der Waals surface area contributed by atoms with E-state index in [-0.39, 0.29) is 23.3 Å². The highest BCUT2D eigenvalue weighted by Crippen LogP contribution is 2.26. The maximum atomic E-state index is 10.9. The summed E-state index contributed by atoms with van der Waals surface area (Å²) in [5.41, 5.74) is 0.559. The van der Waals surface area contributed by atoms with Crippen molar-refractivity contribution in [1.82, 2.24) is 9.97 Å². The van der Waals surface area contributed by atoms with Gasteiger partial charge in [0.1, 0.15) is 11.9 Å². The van der Waals surface area contributed by atoms with E-state index in [0.29, 0.717) is 10.8 Å². The molecule has 0 radical (unpaired) electrons. The third kappa shape index (κ3) is 3.71. The van der Waals surface area contributed by atoms with Crippen molar-refractivity contribution in [3.63, 3.8) is 0 Å². The van der Waals surface area contributed by atoms with Crippen LogP contribution in [0.2, 0.25) is 10.3 Å². The SMILES string of the molecule is COc1ccc(CNc2nc(Cl)ncc2[N+](=O)[O-])cc1Cl. The van der Waals surface area contributed by atoms with Crippen molar-refractivity contribution in [3.05, 3.63) is 50.4 Å². The summed E-state index contributed by atoms with van der Waals surface area (Å²) in [6.07, 6.45) is 1.05. The van der Waals surface area contributed by atoms with Crippen molar-refractivity contribution < 1.29 is 9.66 Å². The summed E-state index contributed by atoms with van der Waals surface area (Å²) in [6, 6.07) is 5.19. The molecule has 0 saturated carbocycles. The Bertz CT molecular complexity index is 682. The van der Waals surface area contributed by atoms with Gasteiger partial charge in [0.2, 0.25) is 11.1 Å². The normalized spacial score (nSPS) is 10.2. The first-order chi connectivity index (χ1) is 10.0. The molecule has 2 aromatic rings. The van der Waals surface area contributed by atoms with Gasteiger partial charge in [0.15, 0.2) is 0 Å². The zero-order valence-electron chi connectivity index (χ0n) is 10.8. The second-order valence-electron chi connectivity index (χ2n) is 3.95. The van der Waals surface area contributed by atoms with E-state index in [9.17, 15) is 10.1 Å². The minimum atomic E-state index is -0.584. The lowest BCUT2D eigenvalue weighted by molar-refractivity contribution is -0.384. The topological polar surface area (TPSA) is 90.2 Å². The molecule has 0 atom stereocenters. The molecule has 0 saturated heterocycles. The third-order valence-electron chi connectivity index (χ3n) is 2.61. The maximum Gasteiger partial charge on any atom is 0.329 e. The molecule has 9 heteroatoms. The Labute approximate surface area is 130 Å². The molecule has 2 rings (SSSR count). The van der Waals surface area contributed by atoms with Gasteiger partial charge in [-0.1, -0.05) is 17.7 Å². The van der Waals surface area contributed by atoms with Crippen LogP contribution in [0.15, 0.2) is 24.4 Å². The molecule has 21 heavy (non-hydrogen) atoms. The second-order valence-corrected chi connectivity index (χ2v) is 4.70. The van der Waals surface area contributed by atoms with Gasteiger partial charge >= 0.3 is 5.69 Å². The van der Waals surface area contributed by atoms with Gasteiger partial charge in [-0.3, -0.25) is 10.1 Å². The fourth-order valence-electron chi connectivity index (χ4n) is 1.62. The molecule has 110 valence electrons. The predicted molar refractivity (Wildman–Crippen MR) is 79.0 cm³/mol. The highest BCUT2D eigenvalue weighted by molar-refractivity contribution is 6.32. The number of nitrogens with one attached hydrogen (secondary N) is 1. The molecule has 0 aliphatic heterocycles. The fraction of sp³-hybridized carbons (Fsp3) is 0.167. The molecule has 0 bridgehead atoms. The lowest BCUT2D eigenvalue weighted by Gasteiger charge is -2.08. The third-order valence-corrected chi connectivity index (χ3v) is 3.09. The van der Waals surface area contributed by atoms with Crippen molar-refractivity contribution in [3.8, 4) is 5.75 Å². The summed E-state index contributed by atoms with van der Waals surface area (Å²) in [6.45, 7) is 0.290. The number of anilines is 1. The number of nitrogens with zero attached hydrogens (tertiary/aromatic N) is 3. The van der Waals surface area contributed by atoms with Gasteiger partial charge in [-0.2, -0.15) is 4.98 Å². The van der Waals surface area contributed by atoms with Gasteiger partial charge in [0.05, 0.1) is 17.1 Å². The number of rotatable bonds is 5. The van der Waals surface area contributed by atoms with Crippen LogP contribution in [0.25, 0.3) is 0 Å². The molecule has 1 aromatic heterocycles. The van der Waals surface area contributed by atoms with Crippen LogP contribution >= 0.6 is 23.2 Å². The van der Waals surface area contributed by atoms with Crippen LogP contribution in [0.1, 0.15) is 5.56 Å². The molecule has 0 aliphatic rings. The Morgan fingerprint density at radius 3 is 2.81 bits per heavy atom. The molecule has 0 unspecified atom stereocenters. The number of benzene rings is 1. The van der Waals surface area contributed by atoms with E-state index in [0.717, 1.165) is 11.8 Å². The number of nitro groups is 1. The lowest BCUT2D eigenvalue weighted by Crippen LogP contribution is -2.05.